The number of amides is 1. The number of hydrogen-bond acceptors (Lipinski definition) is 8. The fourth-order valence-electron chi connectivity index (χ4n) is 3.45. The average Bonchev–Trinajstić information content (AvgIpc) is 3.51. The number of ether oxygens (including phenoxy) is 3. The first-order chi connectivity index (χ1) is 16.7. The Morgan fingerprint density at radius 2 is 1.68 bits per heavy atom. The van der Waals surface area contributed by atoms with Crippen LogP contribution in [0.4, 0.5) is 4.79 Å². The summed E-state index contributed by atoms with van der Waals surface area (Å²) in [7, 11) is 3.24. The van der Waals surface area contributed by atoms with Crippen LogP contribution in [0.2, 0.25) is 0 Å². The van der Waals surface area contributed by atoms with Crippen LogP contribution in [0.5, 0.6) is 11.5 Å². The topological polar surface area (TPSA) is 140 Å². The SMILES string of the molecule is COc1cccc(Cc2[nH]nnc2COC(=O)NCc2nn[nH]c2Cc2ccccc2OC)c1. The van der Waals surface area contributed by atoms with E-state index in [4.69, 9.17) is 14.2 Å². The second-order valence-corrected chi connectivity index (χ2v) is 7.42. The summed E-state index contributed by atoms with van der Waals surface area (Å²) in [6.07, 6.45) is 0.493. The molecule has 4 rings (SSSR count). The van der Waals surface area contributed by atoms with Crippen molar-refractivity contribution >= 4 is 6.09 Å². The molecule has 2 aromatic heterocycles. The fraction of sp³-hybridized carbons (Fsp3) is 0.261. The summed E-state index contributed by atoms with van der Waals surface area (Å²) in [5.74, 6) is 1.54. The molecule has 0 aliphatic rings. The van der Waals surface area contributed by atoms with Gasteiger partial charge in [-0.25, -0.2) is 4.79 Å². The van der Waals surface area contributed by atoms with Gasteiger partial charge in [-0.3, -0.25) is 10.2 Å². The van der Waals surface area contributed by atoms with Crippen molar-refractivity contribution in [3.8, 4) is 11.5 Å². The van der Waals surface area contributed by atoms with Crippen molar-refractivity contribution in [2.24, 2.45) is 0 Å². The third-order valence-corrected chi connectivity index (χ3v) is 5.22. The molecule has 3 N–H and O–H groups in total. The first-order valence-electron chi connectivity index (χ1n) is 10.6. The van der Waals surface area contributed by atoms with Gasteiger partial charge in [-0.1, -0.05) is 40.8 Å². The lowest BCUT2D eigenvalue weighted by Gasteiger charge is -2.09. The van der Waals surface area contributed by atoms with Crippen LogP contribution in [0.3, 0.4) is 0 Å². The lowest BCUT2D eigenvalue weighted by molar-refractivity contribution is 0.137. The number of aromatic amines is 2. The summed E-state index contributed by atoms with van der Waals surface area (Å²) in [4.78, 5) is 12.3. The molecule has 0 fully saturated rings. The van der Waals surface area contributed by atoms with Crippen LogP contribution in [0.25, 0.3) is 0 Å². The third kappa shape index (κ3) is 5.68. The summed E-state index contributed by atoms with van der Waals surface area (Å²) in [5.41, 5.74) is 4.71. The molecule has 0 radical (unpaired) electrons. The first kappa shape index (κ1) is 22.8. The van der Waals surface area contributed by atoms with E-state index in [1.807, 2.05) is 48.5 Å². The largest absolute Gasteiger partial charge is 0.497 e. The normalized spacial score (nSPS) is 10.6. The number of nitrogens with zero attached hydrogens (tertiary/aromatic N) is 4. The number of benzene rings is 2. The molecule has 0 saturated carbocycles. The maximum absolute atomic E-state index is 12.3. The third-order valence-electron chi connectivity index (χ3n) is 5.22. The number of rotatable bonds is 10. The standard InChI is InChI=1S/C23H25N7O4/c1-32-17-8-5-6-15(10-17)11-18-21(28-30-25-18)14-34-23(31)24-13-20-19(26-29-27-20)12-16-7-3-4-9-22(16)33-2/h3-10H,11-14H2,1-2H3,(H,24,31)(H,25,28,30)(H,26,27,29). The van der Waals surface area contributed by atoms with Crippen LogP contribution in [-0.2, 0) is 30.7 Å². The van der Waals surface area contributed by atoms with Crippen LogP contribution in [0.15, 0.2) is 48.5 Å². The van der Waals surface area contributed by atoms with Gasteiger partial charge >= 0.3 is 6.09 Å². The van der Waals surface area contributed by atoms with Crippen molar-refractivity contribution in [2.75, 3.05) is 14.2 Å². The number of carbonyl (C=O) groups excluding carboxylic acids is 1. The minimum atomic E-state index is -0.596. The Morgan fingerprint density at radius 1 is 0.912 bits per heavy atom. The van der Waals surface area contributed by atoms with E-state index in [1.165, 1.54) is 0 Å². The van der Waals surface area contributed by atoms with E-state index in [2.05, 4.69) is 36.1 Å². The molecular formula is C23H25N7O4. The molecule has 11 nitrogen and oxygen atoms in total. The number of hydrogen-bond donors (Lipinski definition) is 3. The van der Waals surface area contributed by atoms with Crippen molar-refractivity contribution in [1.82, 2.24) is 36.1 Å². The molecule has 176 valence electrons. The Hall–Kier alpha value is -4.41. The number of carbonyl (C=O) groups is 1. The van der Waals surface area contributed by atoms with Crippen LogP contribution >= 0.6 is 0 Å². The Bertz CT molecular complexity index is 1240. The molecule has 11 heteroatoms. The summed E-state index contributed by atoms with van der Waals surface area (Å²) >= 11 is 0. The van der Waals surface area contributed by atoms with Gasteiger partial charge in [-0.2, -0.15) is 0 Å². The van der Waals surface area contributed by atoms with Crippen LogP contribution in [0.1, 0.15) is 33.9 Å². The second kappa shape index (κ2) is 10.9. The van der Waals surface area contributed by atoms with Crippen molar-refractivity contribution in [1.29, 1.82) is 0 Å². The lowest BCUT2D eigenvalue weighted by Crippen LogP contribution is -2.24. The predicted octanol–water partition coefficient (Wildman–Crippen LogP) is 2.55. The van der Waals surface area contributed by atoms with E-state index in [-0.39, 0.29) is 13.2 Å². The quantitative estimate of drug-likeness (QED) is 0.326. The average molecular weight is 463 g/mol. The van der Waals surface area contributed by atoms with Gasteiger partial charge in [-0.05, 0) is 23.8 Å². The summed E-state index contributed by atoms with van der Waals surface area (Å²) < 4.78 is 16.0. The number of methoxy groups -OCH3 is 2. The Morgan fingerprint density at radius 3 is 2.47 bits per heavy atom. The predicted molar refractivity (Wildman–Crippen MR) is 121 cm³/mol. The minimum Gasteiger partial charge on any atom is -0.497 e. The molecule has 0 saturated heterocycles. The van der Waals surface area contributed by atoms with E-state index in [0.29, 0.717) is 24.2 Å². The molecule has 0 unspecified atom stereocenters. The van der Waals surface area contributed by atoms with Gasteiger partial charge < -0.3 is 19.5 Å². The molecule has 0 atom stereocenters. The molecule has 0 aliphatic carbocycles. The molecule has 2 aromatic carbocycles. The van der Waals surface area contributed by atoms with Gasteiger partial charge in [0.1, 0.15) is 29.5 Å². The zero-order valence-electron chi connectivity index (χ0n) is 18.9. The van der Waals surface area contributed by atoms with Gasteiger partial charge in [-0.15, -0.1) is 10.2 Å². The highest BCUT2D eigenvalue weighted by atomic mass is 16.5. The fourth-order valence-corrected chi connectivity index (χ4v) is 3.45. The zero-order chi connectivity index (χ0) is 23.8. The van der Waals surface area contributed by atoms with Gasteiger partial charge in [0.25, 0.3) is 0 Å². The molecule has 2 heterocycles. The molecule has 4 aromatic rings. The van der Waals surface area contributed by atoms with E-state index in [9.17, 15) is 4.79 Å². The van der Waals surface area contributed by atoms with Crippen LogP contribution < -0.4 is 14.8 Å². The second-order valence-electron chi connectivity index (χ2n) is 7.42. The molecule has 0 aliphatic heterocycles. The molecule has 0 spiro atoms. The molecular weight excluding hydrogens is 438 g/mol. The monoisotopic (exact) mass is 463 g/mol. The number of H-pyrrole nitrogens is 2. The smallest absolute Gasteiger partial charge is 0.407 e. The Kier molecular flexibility index (Phi) is 7.33. The molecule has 1 amide bonds. The molecule has 34 heavy (non-hydrogen) atoms. The molecule has 0 bridgehead atoms. The van der Waals surface area contributed by atoms with E-state index in [0.717, 1.165) is 34.0 Å². The zero-order valence-corrected chi connectivity index (χ0v) is 18.9. The van der Waals surface area contributed by atoms with E-state index in [1.54, 1.807) is 14.2 Å². The van der Waals surface area contributed by atoms with Crippen molar-refractivity contribution in [2.45, 2.75) is 26.0 Å². The van der Waals surface area contributed by atoms with Crippen LogP contribution in [0, 0.1) is 0 Å². The highest BCUT2D eigenvalue weighted by Crippen LogP contribution is 2.21. The highest BCUT2D eigenvalue weighted by molar-refractivity contribution is 5.67. The minimum absolute atomic E-state index is 0.0193. The Labute approximate surface area is 195 Å². The van der Waals surface area contributed by atoms with Crippen molar-refractivity contribution in [3.05, 3.63) is 82.4 Å². The number of para-hydroxylation sites is 1. The number of nitrogens with one attached hydrogen (secondary N) is 3. The van der Waals surface area contributed by atoms with Crippen molar-refractivity contribution < 1.29 is 19.0 Å². The van der Waals surface area contributed by atoms with Gasteiger partial charge in [0.05, 0.1) is 32.2 Å². The Balaban J connectivity index is 1.30. The number of aromatic nitrogens is 6. The van der Waals surface area contributed by atoms with Gasteiger partial charge in [0, 0.05) is 18.4 Å². The van der Waals surface area contributed by atoms with Gasteiger partial charge in [0.15, 0.2) is 0 Å². The summed E-state index contributed by atoms with van der Waals surface area (Å²) in [6.45, 7) is 0.143. The maximum Gasteiger partial charge on any atom is 0.407 e. The lowest BCUT2D eigenvalue weighted by atomic mass is 10.1. The highest BCUT2D eigenvalue weighted by Gasteiger charge is 2.14. The summed E-state index contributed by atoms with van der Waals surface area (Å²) in [6, 6.07) is 15.4. The maximum atomic E-state index is 12.3. The van der Waals surface area contributed by atoms with Crippen LogP contribution in [-0.4, -0.2) is 51.1 Å². The summed E-state index contributed by atoms with van der Waals surface area (Å²) in [5, 5.41) is 24.2. The van der Waals surface area contributed by atoms with E-state index >= 15 is 0 Å². The van der Waals surface area contributed by atoms with Crippen molar-refractivity contribution in [3.63, 3.8) is 0 Å². The van der Waals surface area contributed by atoms with Gasteiger partial charge in [0.2, 0.25) is 0 Å². The first-order valence-corrected chi connectivity index (χ1v) is 10.6. The van der Waals surface area contributed by atoms with E-state index < -0.39 is 6.09 Å². The number of alkyl carbamates (subject to hydrolysis) is 1.